The summed E-state index contributed by atoms with van der Waals surface area (Å²) in [6.07, 6.45) is 6.77. The molecule has 0 radical (unpaired) electrons. The molecule has 2 fully saturated rings. The van der Waals surface area contributed by atoms with Crippen molar-refractivity contribution in [3.8, 4) is 0 Å². The average molecular weight is 429 g/mol. The molecule has 2 aromatic carbocycles. The molecular weight excluding hydrogens is 400 g/mol. The Balaban J connectivity index is 1.27. The van der Waals surface area contributed by atoms with Crippen LogP contribution in [-0.4, -0.2) is 38.7 Å². The van der Waals surface area contributed by atoms with Gasteiger partial charge in [0.1, 0.15) is 5.82 Å². The molecule has 0 bridgehead atoms. The van der Waals surface area contributed by atoms with Crippen LogP contribution in [0, 0.1) is 0 Å². The summed E-state index contributed by atoms with van der Waals surface area (Å²) in [4.78, 5) is 27.7. The fraction of sp³-hybridized carbons (Fsp3) is 0.400. The number of H-pyrrole nitrogens is 1. The summed E-state index contributed by atoms with van der Waals surface area (Å²) in [5, 5.41) is 4.78. The molecule has 1 aliphatic heterocycles. The minimum absolute atomic E-state index is 0.0188. The largest absolute Gasteiger partial charge is 0.367 e. The van der Waals surface area contributed by atoms with Gasteiger partial charge in [-0.05, 0) is 49.9 Å². The monoisotopic (exact) mass is 428 g/mol. The maximum Gasteiger partial charge on any atom is 0.326 e. The lowest BCUT2D eigenvalue weighted by Crippen LogP contribution is -2.38. The van der Waals surface area contributed by atoms with E-state index in [1.807, 2.05) is 34.9 Å². The summed E-state index contributed by atoms with van der Waals surface area (Å²) in [7, 11) is 0. The minimum atomic E-state index is -0.0188. The molecule has 164 valence electrons. The lowest BCUT2D eigenvalue weighted by molar-refractivity contribution is 0.394. The van der Waals surface area contributed by atoms with E-state index in [9.17, 15) is 4.79 Å². The van der Waals surface area contributed by atoms with E-state index in [1.165, 1.54) is 25.7 Å². The number of rotatable bonds is 4. The second-order valence-corrected chi connectivity index (χ2v) is 9.05. The number of fused-ring (bicyclic) bond motifs is 2. The number of para-hydroxylation sites is 3. The number of piperidine rings is 1. The molecule has 7 nitrogen and oxygen atoms in total. The second kappa shape index (κ2) is 7.97. The summed E-state index contributed by atoms with van der Waals surface area (Å²) >= 11 is 0. The Labute approximate surface area is 186 Å². The maximum atomic E-state index is 12.6. The molecule has 1 aliphatic carbocycles. The van der Waals surface area contributed by atoms with Crippen LogP contribution in [0.3, 0.4) is 0 Å². The molecule has 0 amide bonds. The van der Waals surface area contributed by atoms with Gasteiger partial charge in [-0.15, -0.1) is 0 Å². The van der Waals surface area contributed by atoms with Crippen LogP contribution in [-0.2, 0) is 0 Å². The van der Waals surface area contributed by atoms with Crippen LogP contribution < -0.4 is 15.9 Å². The minimum Gasteiger partial charge on any atom is -0.367 e. The van der Waals surface area contributed by atoms with E-state index in [2.05, 4.69) is 33.4 Å². The first-order chi connectivity index (χ1) is 15.8. The van der Waals surface area contributed by atoms with Gasteiger partial charge in [-0.3, -0.25) is 4.57 Å². The van der Waals surface area contributed by atoms with Gasteiger partial charge in [0.25, 0.3) is 0 Å². The molecule has 2 aromatic heterocycles. The fourth-order valence-corrected chi connectivity index (χ4v) is 5.34. The molecule has 4 aromatic rings. The highest BCUT2D eigenvalue weighted by Gasteiger charge is 2.26. The molecule has 1 saturated carbocycles. The number of hydrogen-bond donors (Lipinski definition) is 2. The highest BCUT2D eigenvalue weighted by Crippen LogP contribution is 2.30. The van der Waals surface area contributed by atoms with Crippen molar-refractivity contribution >= 4 is 33.7 Å². The van der Waals surface area contributed by atoms with Gasteiger partial charge in [-0.25, -0.2) is 9.78 Å². The number of anilines is 2. The molecule has 6 rings (SSSR count). The van der Waals surface area contributed by atoms with Crippen LogP contribution in [0.2, 0.25) is 0 Å². The Morgan fingerprint density at radius 1 is 0.906 bits per heavy atom. The van der Waals surface area contributed by atoms with Crippen LogP contribution in [0.4, 0.5) is 11.8 Å². The molecule has 32 heavy (non-hydrogen) atoms. The van der Waals surface area contributed by atoms with Gasteiger partial charge in [0.05, 0.1) is 16.6 Å². The van der Waals surface area contributed by atoms with E-state index in [4.69, 9.17) is 9.97 Å². The van der Waals surface area contributed by atoms with Gasteiger partial charge in [-0.1, -0.05) is 37.1 Å². The third-order valence-corrected chi connectivity index (χ3v) is 7.02. The van der Waals surface area contributed by atoms with E-state index in [0.717, 1.165) is 59.6 Å². The smallest absolute Gasteiger partial charge is 0.326 e. The van der Waals surface area contributed by atoms with Gasteiger partial charge < -0.3 is 15.2 Å². The number of aromatic nitrogens is 4. The summed E-state index contributed by atoms with van der Waals surface area (Å²) in [6.45, 7) is 1.66. The molecule has 0 unspecified atom stereocenters. The molecule has 1 saturated heterocycles. The molecule has 0 spiro atoms. The van der Waals surface area contributed by atoms with Crippen molar-refractivity contribution in [1.29, 1.82) is 0 Å². The molecule has 7 heteroatoms. The van der Waals surface area contributed by atoms with Gasteiger partial charge in [0.15, 0.2) is 0 Å². The average Bonchev–Trinajstić information content (AvgIpc) is 3.46. The van der Waals surface area contributed by atoms with Crippen molar-refractivity contribution in [2.75, 3.05) is 23.3 Å². The first-order valence-electron chi connectivity index (χ1n) is 11.7. The van der Waals surface area contributed by atoms with Crippen molar-refractivity contribution in [3.63, 3.8) is 0 Å². The maximum absolute atomic E-state index is 12.6. The van der Waals surface area contributed by atoms with E-state index in [-0.39, 0.29) is 11.7 Å². The molecule has 2 aliphatic rings. The van der Waals surface area contributed by atoms with Crippen molar-refractivity contribution in [2.24, 2.45) is 0 Å². The van der Waals surface area contributed by atoms with E-state index in [0.29, 0.717) is 6.04 Å². The third kappa shape index (κ3) is 3.42. The zero-order valence-corrected chi connectivity index (χ0v) is 18.1. The van der Waals surface area contributed by atoms with Crippen molar-refractivity contribution in [2.45, 2.75) is 50.6 Å². The van der Waals surface area contributed by atoms with Crippen LogP contribution in [0.5, 0.6) is 0 Å². The second-order valence-electron chi connectivity index (χ2n) is 9.05. The van der Waals surface area contributed by atoms with E-state index >= 15 is 0 Å². The summed E-state index contributed by atoms with van der Waals surface area (Å²) in [5.74, 6) is 1.74. The van der Waals surface area contributed by atoms with Gasteiger partial charge >= 0.3 is 5.69 Å². The van der Waals surface area contributed by atoms with Crippen LogP contribution >= 0.6 is 0 Å². The van der Waals surface area contributed by atoms with Crippen molar-refractivity contribution in [3.05, 3.63) is 59.0 Å². The van der Waals surface area contributed by atoms with Gasteiger partial charge in [0, 0.05) is 30.6 Å². The Kier molecular flexibility index (Phi) is 4.82. The summed E-state index contributed by atoms with van der Waals surface area (Å²) in [6, 6.07) is 16.9. The quantitative estimate of drug-likeness (QED) is 0.501. The van der Waals surface area contributed by atoms with Crippen molar-refractivity contribution < 1.29 is 0 Å². The fourth-order valence-electron chi connectivity index (χ4n) is 5.34. The van der Waals surface area contributed by atoms with Crippen molar-refractivity contribution in [1.82, 2.24) is 19.5 Å². The Morgan fingerprint density at radius 3 is 2.50 bits per heavy atom. The topological polar surface area (TPSA) is 78.8 Å². The standard InChI is InChI=1S/C25H28N6O/c32-25-28-21-11-5-6-12-22(21)31(25)18-13-15-30(16-14-18)24-27-20-10-4-3-9-19(20)23(29-24)26-17-7-1-2-8-17/h3-6,9-12,17-18H,1-2,7-8,13-16H2,(H,28,32)(H,26,27,29). The summed E-state index contributed by atoms with van der Waals surface area (Å²) in [5.41, 5.74) is 2.85. The number of hydrogen-bond acceptors (Lipinski definition) is 5. The third-order valence-electron chi connectivity index (χ3n) is 7.02. The predicted octanol–water partition coefficient (Wildman–Crippen LogP) is 4.47. The first kappa shape index (κ1) is 19.3. The van der Waals surface area contributed by atoms with E-state index < -0.39 is 0 Å². The number of nitrogens with one attached hydrogen (secondary N) is 2. The van der Waals surface area contributed by atoms with Crippen LogP contribution in [0.1, 0.15) is 44.6 Å². The normalized spacial score (nSPS) is 18.1. The highest BCUT2D eigenvalue weighted by atomic mass is 16.1. The molecule has 2 N–H and O–H groups in total. The summed E-state index contributed by atoms with van der Waals surface area (Å²) < 4.78 is 1.93. The Bertz CT molecular complexity index is 1310. The molecular formula is C25H28N6O. The number of imidazole rings is 1. The molecule has 0 atom stereocenters. The lowest BCUT2D eigenvalue weighted by Gasteiger charge is -2.33. The first-order valence-corrected chi connectivity index (χ1v) is 11.7. The van der Waals surface area contributed by atoms with Gasteiger partial charge in [-0.2, -0.15) is 4.98 Å². The zero-order chi connectivity index (χ0) is 21.5. The number of benzene rings is 2. The molecule has 3 heterocycles. The number of nitrogens with zero attached hydrogens (tertiary/aromatic N) is 4. The lowest BCUT2D eigenvalue weighted by atomic mass is 10.0. The predicted molar refractivity (Wildman–Crippen MR) is 128 cm³/mol. The zero-order valence-electron chi connectivity index (χ0n) is 18.1. The Morgan fingerprint density at radius 2 is 1.66 bits per heavy atom. The number of aromatic amines is 1. The highest BCUT2D eigenvalue weighted by molar-refractivity contribution is 5.90. The van der Waals surface area contributed by atoms with Gasteiger partial charge in [0.2, 0.25) is 5.95 Å². The van der Waals surface area contributed by atoms with Crippen LogP contribution in [0.25, 0.3) is 21.9 Å². The SMILES string of the molecule is O=c1[nH]c2ccccc2n1C1CCN(c2nc(NC3CCCC3)c3ccccc3n2)CC1. The Hall–Kier alpha value is -3.35. The van der Waals surface area contributed by atoms with Crippen LogP contribution in [0.15, 0.2) is 53.3 Å². The van der Waals surface area contributed by atoms with E-state index in [1.54, 1.807) is 0 Å².